The molecule has 3 atom stereocenters. The molecule has 1 aromatic carbocycles. The van der Waals surface area contributed by atoms with Crippen molar-refractivity contribution in [1.29, 1.82) is 0 Å². The highest BCUT2D eigenvalue weighted by Crippen LogP contribution is 2.34. The molecule has 2 rings (SSSR count). The number of aliphatic hydroxyl groups is 1. The van der Waals surface area contributed by atoms with Crippen molar-refractivity contribution < 1.29 is 28.6 Å². The summed E-state index contributed by atoms with van der Waals surface area (Å²) in [5.41, 5.74) is 0.880. The van der Waals surface area contributed by atoms with Crippen molar-refractivity contribution in [3.05, 3.63) is 47.5 Å². The lowest BCUT2D eigenvalue weighted by molar-refractivity contribution is -0.148. The quantitative estimate of drug-likeness (QED) is 0.457. The van der Waals surface area contributed by atoms with Crippen molar-refractivity contribution in [2.45, 2.75) is 64.0 Å². The molecule has 5 nitrogen and oxygen atoms in total. The second kappa shape index (κ2) is 11.1. The van der Waals surface area contributed by atoms with Crippen LogP contribution in [0.2, 0.25) is 0 Å². The maximum Gasteiger partial charge on any atom is 0.335 e. The van der Waals surface area contributed by atoms with Crippen molar-refractivity contribution >= 4 is 11.9 Å². The Morgan fingerprint density at radius 3 is 2.61 bits per heavy atom. The third-order valence-electron chi connectivity index (χ3n) is 5.32. The number of hydrogen-bond donors (Lipinski definition) is 2. The van der Waals surface area contributed by atoms with E-state index in [-0.39, 0.29) is 18.0 Å². The van der Waals surface area contributed by atoms with Crippen molar-refractivity contribution in [3.8, 4) is 11.8 Å². The molecule has 1 fully saturated rings. The van der Waals surface area contributed by atoms with Gasteiger partial charge in [0.1, 0.15) is 0 Å². The molecule has 0 spiro atoms. The number of carboxylic acids is 1. The first-order chi connectivity index (χ1) is 14.7. The number of likely N-dealkylation sites (tertiary alicyclic amines) is 1. The molecular formula is C24H29F2NO4. The van der Waals surface area contributed by atoms with E-state index < -0.39 is 36.4 Å². The SMILES string of the molecule is CCCC#CC[C@H](C)[C@H](O)C=C[C@H]1CC(F)(F)C(=O)N1CCc1ccc(C(=O)O)cc1. The molecular weight excluding hydrogens is 404 g/mol. The van der Waals surface area contributed by atoms with Crippen molar-refractivity contribution in [2.24, 2.45) is 5.92 Å². The van der Waals surface area contributed by atoms with Gasteiger partial charge in [0, 0.05) is 25.8 Å². The minimum atomic E-state index is -3.44. The number of carboxylic acid groups (broad SMARTS) is 1. The minimum Gasteiger partial charge on any atom is -0.478 e. The third-order valence-corrected chi connectivity index (χ3v) is 5.32. The van der Waals surface area contributed by atoms with Crippen LogP contribution in [-0.2, 0) is 11.2 Å². The molecule has 0 unspecified atom stereocenters. The van der Waals surface area contributed by atoms with E-state index in [0.29, 0.717) is 12.8 Å². The van der Waals surface area contributed by atoms with Crippen LogP contribution < -0.4 is 0 Å². The summed E-state index contributed by atoms with van der Waals surface area (Å²) in [4.78, 5) is 24.2. The topological polar surface area (TPSA) is 77.8 Å². The summed E-state index contributed by atoms with van der Waals surface area (Å²) >= 11 is 0. The van der Waals surface area contributed by atoms with E-state index in [4.69, 9.17) is 5.11 Å². The van der Waals surface area contributed by atoms with Gasteiger partial charge in [0.15, 0.2) is 0 Å². The molecule has 0 bridgehead atoms. The van der Waals surface area contributed by atoms with Gasteiger partial charge in [-0.05, 0) is 36.5 Å². The lowest BCUT2D eigenvalue weighted by atomic mass is 9.99. The zero-order chi connectivity index (χ0) is 23.0. The van der Waals surface area contributed by atoms with Gasteiger partial charge in [-0.1, -0.05) is 38.1 Å². The van der Waals surface area contributed by atoms with Crippen molar-refractivity contribution in [3.63, 3.8) is 0 Å². The number of aliphatic hydroxyl groups excluding tert-OH is 1. The normalized spacial score (nSPS) is 19.8. The highest BCUT2D eigenvalue weighted by molar-refractivity contribution is 5.87. The first kappa shape index (κ1) is 24.5. The molecule has 0 saturated carbocycles. The number of carbonyl (C=O) groups excluding carboxylic acids is 1. The van der Waals surface area contributed by atoms with Crippen LogP contribution in [0.1, 0.15) is 55.5 Å². The molecule has 2 N–H and O–H groups in total. The molecule has 168 valence electrons. The van der Waals surface area contributed by atoms with Crippen LogP contribution in [0.5, 0.6) is 0 Å². The number of halogens is 2. The fourth-order valence-electron chi connectivity index (χ4n) is 3.32. The van der Waals surface area contributed by atoms with Crippen LogP contribution >= 0.6 is 0 Å². The summed E-state index contributed by atoms with van der Waals surface area (Å²) in [5.74, 6) is 0.158. The molecule has 0 radical (unpaired) electrons. The van der Waals surface area contributed by atoms with E-state index in [1.165, 1.54) is 24.3 Å². The summed E-state index contributed by atoms with van der Waals surface area (Å²) in [6, 6.07) is 5.29. The highest BCUT2D eigenvalue weighted by Gasteiger charge is 2.52. The van der Waals surface area contributed by atoms with Crippen LogP contribution in [-0.4, -0.2) is 51.6 Å². The lowest BCUT2D eigenvalue weighted by Crippen LogP contribution is -2.37. The number of rotatable bonds is 9. The van der Waals surface area contributed by atoms with Crippen molar-refractivity contribution in [1.82, 2.24) is 4.90 Å². The number of carbonyl (C=O) groups is 2. The Balaban J connectivity index is 2.01. The van der Waals surface area contributed by atoms with Gasteiger partial charge in [-0.2, -0.15) is 8.78 Å². The van der Waals surface area contributed by atoms with Gasteiger partial charge in [0.25, 0.3) is 5.91 Å². The second-order valence-electron chi connectivity index (χ2n) is 7.89. The van der Waals surface area contributed by atoms with E-state index in [1.807, 2.05) is 13.8 Å². The Labute approximate surface area is 181 Å². The first-order valence-corrected chi connectivity index (χ1v) is 10.5. The average molecular weight is 433 g/mol. The summed E-state index contributed by atoms with van der Waals surface area (Å²) in [5, 5.41) is 19.3. The number of benzene rings is 1. The molecule has 0 aliphatic carbocycles. The van der Waals surface area contributed by atoms with E-state index >= 15 is 0 Å². The van der Waals surface area contributed by atoms with E-state index in [1.54, 1.807) is 12.1 Å². The predicted molar refractivity (Wildman–Crippen MR) is 114 cm³/mol. The number of unbranched alkanes of at least 4 members (excludes halogenated alkanes) is 1. The van der Waals surface area contributed by atoms with E-state index in [2.05, 4.69) is 11.8 Å². The Hall–Kier alpha value is -2.72. The molecule has 1 saturated heterocycles. The zero-order valence-electron chi connectivity index (χ0n) is 17.9. The van der Waals surface area contributed by atoms with Crippen LogP contribution in [0.25, 0.3) is 0 Å². The molecule has 0 aromatic heterocycles. The molecule has 31 heavy (non-hydrogen) atoms. The van der Waals surface area contributed by atoms with Gasteiger partial charge >= 0.3 is 11.9 Å². The Morgan fingerprint density at radius 1 is 1.32 bits per heavy atom. The fraction of sp³-hybridized carbons (Fsp3) is 0.500. The fourth-order valence-corrected chi connectivity index (χ4v) is 3.32. The maximum atomic E-state index is 14.1. The van der Waals surface area contributed by atoms with E-state index in [0.717, 1.165) is 23.3 Å². The van der Waals surface area contributed by atoms with Crippen LogP contribution in [0.4, 0.5) is 8.78 Å². The molecule has 7 heteroatoms. The molecule has 1 aliphatic heterocycles. The molecule has 1 heterocycles. The second-order valence-corrected chi connectivity index (χ2v) is 7.89. The smallest absolute Gasteiger partial charge is 0.335 e. The summed E-state index contributed by atoms with van der Waals surface area (Å²) < 4.78 is 28.1. The highest BCUT2D eigenvalue weighted by atomic mass is 19.3. The van der Waals surface area contributed by atoms with Gasteiger partial charge in [-0.15, -0.1) is 11.8 Å². The molecule has 1 aliphatic rings. The summed E-state index contributed by atoms with van der Waals surface area (Å²) in [6.07, 6.45) is 4.06. The Bertz CT molecular complexity index is 855. The zero-order valence-corrected chi connectivity index (χ0v) is 17.9. The monoisotopic (exact) mass is 433 g/mol. The summed E-state index contributed by atoms with van der Waals surface area (Å²) in [7, 11) is 0. The van der Waals surface area contributed by atoms with Crippen LogP contribution in [0.3, 0.4) is 0 Å². The average Bonchev–Trinajstić information content (AvgIpc) is 2.96. The molecule has 1 aromatic rings. The largest absolute Gasteiger partial charge is 0.478 e. The Kier molecular flexibility index (Phi) is 8.76. The van der Waals surface area contributed by atoms with E-state index in [9.17, 15) is 23.5 Å². The Morgan fingerprint density at radius 2 is 2.00 bits per heavy atom. The van der Waals surface area contributed by atoms with Gasteiger partial charge in [-0.3, -0.25) is 4.79 Å². The third kappa shape index (κ3) is 6.90. The van der Waals surface area contributed by atoms with Crippen LogP contribution in [0, 0.1) is 17.8 Å². The number of amides is 1. The predicted octanol–water partition coefficient (Wildman–Crippen LogP) is 3.91. The van der Waals surface area contributed by atoms with Gasteiger partial charge in [0.05, 0.1) is 17.7 Å². The van der Waals surface area contributed by atoms with Gasteiger partial charge in [-0.25, -0.2) is 4.79 Å². The number of alkyl halides is 2. The number of aromatic carboxylic acids is 1. The lowest BCUT2D eigenvalue weighted by Gasteiger charge is -2.22. The number of hydrogen-bond acceptors (Lipinski definition) is 3. The molecule has 1 amide bonds. The van der Waals surface area contributed by atoms with Gasteiger partial charge < -0.3 is 15.1 Å². The minimum absolute atomic E-state index is 0.0734. The maximum absolute atomic E-state index is 14.1. The summed E-state index contributed by atoms with van der Waals surface area (Å²) in [6.45, 7) is 3.94. The van der Waals surface area contributed by atoms with Crippen LogP contribution in [0.15, 0.2) is 36.4 Å². The van der Waals surface area contributed by atoms with Gasteiger partial charge in [0.2, 0.25) is 0 Å². The standard InChI is InChI=1S/C24H29F2NO4/c1-3-4-5-6-7-17(2)21(28)13-12-20-16-24(25,26)23(31)27(20)15-14-18-8-10-19(11-9-18)22(29)30/h8-13,17,20-21,28H,3-4,7,14-16H2,1-2H3,(H,29,30)/t17-,20-,21+/m0/s1. The first-order valence-electron chi connectivity index (χ1n) is 10.5. The van der Waals surface area contributed by atoms with Crippen molar-refractivity contribution in [2.75, 3.05) is 6.54 Å². The number of nitrogens with zero attached hydrogens (tertiary/aromatic N) is 1.